The van der Waals surface area contributed by atoms with Crippen molar-refractivity contribution in [1.82, 2.24) is 15.0 Å². The maximum absolute atomic E-state index is 6.82. The summed E-state index contributed by atoms with van der Waals surface area (Å²) in [6, 6.07) is 32.9. The van der Waals surface area contributed by atoms with Crippen molar-refractivity contribution in [3.63, 3.8) is 0 Å². The van der Waals surface area contributed by atoms with E-state index in [1.165, 1.54) is 12.8 Å². The van der Waals surface area contributed by atoms with Gasteiger partial charge >= 0.3 is 0 Å². The molecule has 2 aromatic heterocycles. The number of halogens is 1. The summed E-state index contributed by atoms with van der Waals surface area (Å²) < 4.78 is 26.4. The molecule has 3 heterocycles. The summed E-state index contributed by atoms with van der Waals surface area (Å²) in [5, 5.41) is 0.196. The van der Waals surface area contributed by atoms with E-state index in [1.807, 2.05) is 66.9 Å². The van der Waals surface area contributed by atoms with Crippen LogP contribution >= 0.6 is 11.6 Å². The van der Waals surface area contributed by atoms with Gasteiger partial charge in [0.1, 0.15) is 29.9 Å². The van der Waals surface area contributed by atoms with Crippen LogP contribution in [0.1, 0.15) is 54.0 Å². The fourth-order valence-corrected chi connectivity index (χ4v) is 6.94. The molecule has 0 amide bonds. The number of fused-ring (bicyclic) bond motifs is 1. The van der Waals surface area contributed by atoms with Gasteiger partial charge in [-0.15, -0.1) is 0 Å². The van der Waals surface area contributed by atoms with Crippen molar-refractivity contribution in [3.05, 3.63) is 131 Å². The molecule has 3 aromatic carbocycles. The van der Waals surface area contributed by atoms with Gasteiger partial charge in [0.25, 0.3) is 0 Å². The monoisotopic (exact) mass is 664 g/mol. The van der Waals surface area contributed by atoms with Gasteiger partial charge in [0.2, 0.25) is 5.28 Å². The number of aromatic nitrogens is 3. The molecule has 1 aliphatic heterocycles. The largest absolute Gasteiger partial charge is 0.374 e. The van der Waals surface area contributed by atoms with Crippen LogP contribution in [0.2, 0.25) is 5.28 Å². The normalized spacial score (nSPS) is 21.2. The minimum atomic E-state index is -0.485. The Balaban J connectivity index is 1.20. The molecule has 0 radical (unpaired) electrons. The molecule has 1 aliphatic carbocycles. The molecule has 7 rings (SSSR count). The van der Waals surface area contributed by atoms with Crippen LogP contribution in [0.5, 0.6) is 0 Å². The van der Waals surface area contributed by atoms with Crippen LogP contribution in [-0.2, 0) is 38.8 Å². The SMILES string of the molecule is CN(c1nc(Cl)nc2cc([C@@H]3O[C@H](COCc4ccccc4)[C@@H](OCc4ccccc4)[C@H]3OCc3ccccc3)cnc12)C1CCCC1. The fourth-order valence-electron chi connectivity index (χ4n) is 6.77. The highest BCUT2D eigenvalue weighted by atomic mass is 35.5. The molecule has 2 aliphatic rings. The number of ether oxygens (including phenoxy) is 4. The van der Waals surface area contributed by atoms with E-state index < -0.39 is 24.4 Å². The van der Waals surface area contributed by atoms with Crippen LogP contribution in [0.4, 0.5) is 5.82 Å². The molecule has 1 saturated heterocycles. The van der Waals surface area contributed by atoms with Crippen LogP contribution in [0.3, 0.4) is 0 Å². The molecular weight excluding hydrogens is 624 g/mol. The zero-order valence-corrected chi connectivity index (χ0v) is 27.9. The molecule has 5 aromatic rings. The van der Waals surface area contributed by atoms with E-state index >= 15 is 0 Å². The van der Waals surface area contributed by atoms with Gasteiger partial charge in [0.05, 0.1) is 31.9 Å². The summed E-state index contributed by atoms with van der Waals surface area (Å²) in [5.74, 6) is 0.754. The van der Waals surface area contributed by atoms with Crippen molar-refractivity contribution in [2.45, 2.75) is 76.0 Å². The predicted octanol–water partition coefficient (Wildman–Crippen LogP) is 7.88. The van der Waals surface area contributed by atoms with E-state index in [0.29, 0.717) is 38.0 Å². The molecule has 248 valence electrons. The first-order valence-electron chi connectivity index (χ1n) is 16.8. The molecule has 0 spiro atoms. The Bertz CT molecular complexity index is 1760. The third-order valence-corrected chi connectivity index (χ3v) is 9.49. The van der Waals surface area contributed by atoms with Crippen molar-refractivity contribution < 1.29 is 18.9 Å². The lowest BCUT2D eigenvalue weighted by Crippen LogP contribution is -2.37. The fraction of sp³-hybridized carbons (Fsp3) is 0.359. The Labute approximate surface area is 287 Å². The lowest BCUT2D eigenvalue weighted by atomic mass is 10.0. The van der Waals surface area contributed by atoms with Gasteiger partial charge in [-0.25, -0.2) is 4.98 Å². The molecule has 1 saturated carbocycles. The zero-order valence-electron chi connectivity index (χ0n) is 27.2. The van der Waals surface area contributed by atoms with Crippen molar-refractivity contribution in [2.75, 3.05) is 18.6 Å². The third-order valence-electron chi connectivity index (χ3n) is 9.32. The average Bonchev–Trinajstić information content (AvgIpc) is 3.79. The number of pyridine rings is 1. The summed E-state index contributed by atoms with van der Waals surface area (Å²) in [5.41, 5.74) is 5.46. The lowest BCUT2D eigenvalue weighted by Gasteiger charge is -2.26. The first-order chi connectivity index (χ1) is 23.6. The van der Waals surface area contributed by atoms with Gasteiger partial charge in [0.15, 0.2) is 5.82 Å². The molecule has 0 unspecified atom stereocenters. The van der Waals surface area contributed by atoms with Crippen molar-refractivity contribution in [1.29, 1.82) is 0 Å². The molecule has 48 heavy (non-hydrogen) atoms. The van der Waals surface area contributed by atoms with Crippen LogP contribution < -0.4 is 4.90 Å². The Morgan fingerprint density at radius 3 is 1.98 bits per heavy atom. The average molecular weight is 665 g/mol. The predicted molar refractivity (Wildman–Crippen MR) is 187 cm³/mol. The Hall–Kier alpha value is -3.92. The quantitative estimate of drug-likeness (QED) is 0.118. The van der Waals surface area contributed by atoms with Gasteiger partial charge in [-0.05, 0) is 47.2 Å². The Kier molecular flexibility index (Phi) is 10.6. The maximum Gasteiger partial charge on any atom is 0.225 e. The number of nitrogens with zero attached hydrogens (tertiary/aromatic N) is 4. The Morgan fingerprint density at radius 2 is 1.35 bits per heavy atom. The van der Waals surface area contributed by atoms with Crippen molar-refractivity contribution in [3.8, 4) is 0 Å². The van der Waals surface area contributed by atoms with E-state index in [9.17, 15) is 0 Å². The zero-order chi connectivity index (χ0) is 32.7. The standard InChI is InChI=1S/C39H41ClN4O4/c1-44(31-19-11-12-20-31)38-34-32(42-39(40)43-38)21-30(22-41-34)35-37(47-25-29-17-9-4-10-18-29)36(46-24-28-15-7-3-8-16-28)33(48-35)26-45-23-27-13-5-2-6-14-27/h2-10,13-18,21-22,31,33,35-37H,11-12,19-20,23-26H2,1H3/t33-,35+,36-,37+/m1/s1. The topological polar surface area (TPSA) is 78.8 Å². The summed E-state index contributed by atoms with van der Waals surface area (Å²) in [7, 11) is 2.08. The Morgan fingerprint density at radius 1 is 0.771 bits per heavy atom. The summed E-state index contributed by atoms with van der Waals surface area (Å²) in [6.45, 7) is 1.62. The van der Waals surface area contributed by atoms with Gasteiger partial charge in [0, 0.05) is 24.8 Å². The minimum Gasteiger partial charge on any atom is -0.374 e. The van der Waals surface area contributed by atoms with Gasteiger partial charge < -0.3 is 23.8 Å². The van der Waals surface area contributed by atoms with Crippen LogP contribution in [-0.4, -0.2) is 53.0 Å². The van der Waals surface area contributed by atoms with E-state index in [-0.39, 0.29) is 5.28 Å². The van der Waals surface area contributed by atoms with Gasteiger partial charge in [-0.1, -0.05) is 104 Å². The van der Waals surface area contributed by atoms with Gasteiger partial charge in [-0.3, -0.25) is 4.98 Å². The van der Waals surface area contributed by atoms with E-state index in [4.69, 9.17) is 35.5 Å². The number of benzene rings is 3. The molecule has 0 bridgehead atoms. The maximum atomic E-state index is 6.82. The highest BCUT2D eigenvalue weighted by molar-refractivity contribution is 6.28. The highest BCUT2D eigenvalue weighted by Crippen LogP contribution is 2.40. The van der Waals surface area contributed by atoms with Crippen LogP contribution in [0.25, 0.3) is 11.0 Å². The third kappa shape index (κ3) is 7.69. The summed E-state index contributed by atoms with van der Waals surface area (Å²) >= 11 is 6.52. The molecule has 4 atom stereocenters. The summed E-state index contributed by atoms with van der Waals surface area (Å²) in [4.78, 5) is 16.4. The van der Waals surface area contributed by atoms with Gasteiger partial charge in [-0.2, -0.15) is 4.98 Å². The van der Waals surface area contributed by atoms with E-state index in [2.05, 4.69) is 58.3 Å². The van der Waals surface area contributed by atoms with E-state index in [0.717, 1.165) is 46.4 Å². The molecule has 9 heteroatoms. The second-order valence-corrected chi connectivity index (χ2v) is 13.0. The number of rotatable bonds is 13. The number of hydrogen-bond donors (Lipinski definition) is 0. The molecule has 0 N–H and O–H groups in total. The van der Waals surface area contributed by atoms with E-state index in [1.54, 1.807) is 0 Å². The molecular formula is C39H41ClN4O4. The van der Waals surface area contributed by atoms with Crippen molar-refractivity contribution >= 4 is 28.5 Å². The highest BCUT2D eigenvalue weighted by Gasteiger charge is 2.47. The second-order valence-electron chi connectivity index (χ2n) is 12.6. The summed E-state index contributed by atoms with van der Waals surface area (Å²) in [6.07, 6.45) is 4.82. The molecule has 2 fully saturated rings. The van der Waals surface area contributed by atoms with Crippen molar-refractivity contribution in [2.24, 2.45) is 0 Å². The first-order valence-corrected chi connectivity index (χ1v) is 17.1. The van der Waals surface area contributed by atoms with Crippen LogP contribution in [0, 0.1) is 0 Å². The number of anilines is 1. The molecule has 8 nitrogen and oxygen atoms in total. The lowest BCUT2D eigenvalue weighted by molar-refractivity contribution is -0.0898. The van der Waals surface area contributed by atoms with Crippen LogP contribution in [0.15, 0.2) is 103 Å². The smallest absolute Gasteiger partial charge is 0.225 e. The first kappa shape index (κ1) is 32.6. The minimum absolute atomic E-state index is 0.196. The number of hydrogen-bond acceptors (Lipinski definition) is 8. The second kappa shape index (κ2) is 15.5.